The average Bonchev–Trinajstić information content (AvgIpc) is 3.18. The Kier molecular flexibility index (Phi) is 4.97. The van der Waals surface area contributed by atoms with Crippen molar-refractivity contribution in [3.63, 3.8) is 0 Å². The van der Waals surface area contributed by atoms with Gasteiger partial charge in [0.25, 0.3) is 0 Å². The molecule has 4 rings (SSSR count). The highest BCUT2D eigenvalue weighted by molar-refractivity contribution is 7.94. The minimum absolute atomic E-state index is 0.0187. The zero-order valence-corrected chi connectivity index (χ0v) is 17.3. The Balaban J connectivity index is 1.84. The van der Waals surface area contributed by atoms with Gasteiger partial charge in [-0.3, -0.25) is 0 Å². The lowest BCUT2D eigenvalue weighted by atomic mass is 10.3. The molecule has 0 radical (unpaired) electrons. The lowest BCUT2D eigenvalue weighted by molar-refractivity contribution is -0.715. The Morgan fingerprint density at radius 3 is 2.31 bits per heavy atom. The summed E-state index contributed by atoms with van der Waals surface area (Å²) >= 11 is 5.87. The molecule has 0 atom stereocenters. The van der Waals surface area contributed by atoms with Crippen molar-refractivity contribution in [3.05, 3.63) is 77.0 Å². The zero-order valence-electron chi connectivity index (χ0n) is 15.8. The van der Waals surface area contributed by atoms with Gasteiger partial charge in [-0.1, -0.05) is 29.8 Å². The van der Waals surface area contributed by atoms with Gasteiger partial charge in [0.15, 0.2) is 0 Å². The van der Waals surface area contributed by atoms with Crippen LogP contribution < -0.4 is 4.57 Å². The lowest BCUT2D eigenvalue weighted by Gasteiger charge is -2.18. The van der Waals surface area contributed by atoms with Crippen LogP contribution in [0, 0.1) is 0 Å². The van der Waals surface area contributed by atoms with Gasteiger partial charge in [-0.25, -0.2) is 18.0 Å². The minimum atomic E-state index is -4.00. The second kappa shape index (κ2) is 7.46. The van der Waals surface area contributed by atoms with Crippen molar-refractivity contribution in [3.8, 4) is 5.82 Å². The number of fused-ring (bicyclic) bond motifs is 1. The van der Waals surface area contributed by atoms with Gasteiger partial charge in [0.2, 0.25) is 22.2 Å². The van der Waals surface area contributed by atoms with E-state index in [1.807, 2.05) is 49.1 Å². The van der Waals surface area contributed by atoms with Crippen LogP contribution in [0.3, 0.4) is 0 Å². The molecular formula is C20H18ClN5O2S. The van der Waals surface area contributed by atoms with E-state index in [-0.39, 0.29) is 16.8 Å². The molecule has 0 amide bonds. The van der Waals surface area contributed by atoms with E-state index in [9.17, 15) is 8.42 Å². The van der Waals surface area contributed by atoms with E-state index in [2.05, 4.69) is 14.7 Å². The number of rotatable bonds is 5. The number of nitrogens with zero attached hydrogens (tertiary/aromatic N) is 5. The summed E-state index contributed by atoms with van der Waals surface area (Å²) in [7, 11) is -4.00. The molecule has 0 fully saturated rings. The molecular weight excluding hydrogens is 410 g/mol. The molecule has 9 heteroatoms. The van der Waals surface area contributed by atoms with E-state index in [0.717, 1.165) is 0 Å². The molecule has 2 heterocycles. The van der Waals surface area contributed by atoms with Crippen LogP contribution in [-0.2, 0) is 10.0 Å². The summed E-state index contributed by atoms with van der Waals surface area (Å²) in [6, 6.07) is 13.3. The number of benzene rings is 2. The number of hydrogen-bond acceptors (Lipinski definition) is 4. The summed E-state index contributed by atoms with van der Waals surface area (Å²) in [6.45, 7) is 4.10. The number of hydrogen-bond donors (Lipinski definition) is 0. The second-order valence-corrected chi connectivity index (χ2v) is 8.78. The summed E-state index contributed by atoms with van der Waals surface area (Å²) in [6.07, 6.45) is 5.52. The van der Waals surface area contributed by atoms with Gasteiger partial charge in [0.1, 0.15) is 12.4 Å². The van der Waals surface area contributed by atoms with E-state index >= 15 is 0 Å². The van der Waals surface area contributed by atoms with Crippen LogP contribution in [0.2, 0.25) is 5.02 Å². The Morgan fingerprint density at radius 2 is 1.69 bits per heavy atom. The van der Waals surface area contributed by atoms with E-state index < -0.39 is 10.0 Å². The molecule has 7 nitrogen and oxygen atoms in total. The van der Waals surface area contributed by atoms with Crippen molar-refractivity contribution >= 4 is 38.5 Å². The highest BCUT2D eigenvalue weighted by Crippen LogP contribution is 2.32. The first kappa shape index (κ1) is 19.4. The van der Waals surface area contributed by atoms with Crippen LogP contribution in [0.5, 0.6) is 0 Å². The summed E-state index contributed by atoms with van der Waals surface area (Å²) < 4.78 is 33.4. The van der Waals surface area contributed by atoms with Crippen LogP contribution in [0.15, 0.2) is 72.1 Å². The lowest BCUT2D eigenvalue weighted by Crippen LogP contribution is -2.33. The molecule has 0 spiro atoms. The van der Waals surface area contributed by atoms with Crippen LogP contribution in [-0.4, -0.2) is 23.0 Å². The van der Waals surface area contributed by atoms with Gasteiger partial charge in [0.05, 0.1) is 16.5 Å². The van der Waals surface area contributed by atoms with E-state index in [4.69, 9.17) is 11.6 Å². The van der Waals surface area contributed by atoms with E-state index in [1.165, 1.54) is 24.3 Å². The van der Waals surface area contributed by atoms with Crippen molar-refractivity contribution in [2.75, 3.05) is 0 Å². The van der Waals surface area contributed by atoms with E-state index in [1.54, 1.807) is 16.8 Å². The van der Waals surface area contributed by atoms with Crippen LogP contribution in [0.1, 0.15) is 19.9 Å². The maximum Gasteiger partial charge on any atom is 0.250 e. The number of sulfonamides is 1. The van der Waals surface area contributed by atoms with Crippen LogP contribution in [0.4, 0.5) is 5.82 Å². The third-order valence-electron chi connectivity index (χ3n) is 4.35. The molecule has 0 unspecified atom stereocenters. The maximum atomic E-state index is 12.9. The van der Waals surface area contributed by atoms with Gasteiger partial charge in [-0.05, 0) is 49.7 Å². The topological polar surface area (TPSA) is 82.8 Å². The predicted molar refractivity (Wildman–Crippen MR) is 111 cm³/mol. The normalized spacial score (nSPS) is 11.9. The molecule has 4 aromatic rings. The van der Waals surface area contributed by atoms with Crippen molar-refractivity contribution < 1.29 is 13.0 Å². The molecule has 0 aliphatic carbocycles. The van der Waals surface area contributed by atoms with Gasteiger partial charge >= 0.3 is 0 Å². The first-order valence-electron chi connectivity index (χ1n) is 8.93. The molecule has 0 N–H and O–H groups in total. The van der Waals surface area contributed by atoms with Crippen molar-refractivity contribution in [2.45, 2.75) is 24.8 Å². The van der Waals surface area contributed by atoms with Crippen molar-refractivity contribution in [1.82, 2.24) is 14.5 Å². The average molecular weight is 428 g/mol. The largest absolute Gasteiger partial charge is 0.429 e. The van der Waals surface area contributed by atoms with Crippen LogP contribution >= 0.6 is 11.6 Å². The third-order valence-corrected chi connectivity index (χ3v) is 5.88. The fourth-order valence-electron chi connectivity index (χ4n) is 2.79. The van der Waals surface area contributed by atoms with Crippen LogP contribution in [0.25, 0.3) is 21.6 Å². The fraction of sp³-hybridized carbons (Fsp3) is 0.150. The molecule has 148 valence electrons. The molecule has 0 saturated carbocycles. The highest BCUT2D eigenvalue weighted by Gasteiger charge is 2.17. The highest BCUT2D eigenvalue weighted by atomic mass is 35.5. The Labute approximate surface area is 173 Å². The summed E-state index contributed by atoms with van der Waals surface area (Å²) in [5.41, 5.74) is 1.21. The quantitative estimate of drug-likeness (QED) is 0.443. The number of para-hydroxylation sites is 2. The Hall–Kier alpha value is -2.97. The molecule has 0 aliphatic heterocycles. The molecule has 29 heavy (non-hydrogen) atoms. The smallest absolute Gasteiger partial charge is 0.250 e. The van der Waals surface area contributed by atoms with E-state index in [0.29, 0.717) is 21.9 Å². The summed E-state index contributed by atoms with van der Waals surface area (Å²) in [5, 5.41) is 0.445. The van der Waals surface area contributed by atoms with Crippen molar-refractivity contribution in [1.29, 1.82) is 0 Å². The molecule has 0 bridgehead atoms. The molecule has 0 saturated heterocycles. The number of imidazole rings is 1. The number of aromatic nitrogens is 4. The maximum absolute atomic E-state index is 12.9. The SMILES string of the molecule is CC(C)[n+]1ccn(-c2nc3ccccc3nc2[N-]S(=O)(=O)c2ccc(Cl)cc2)c1. The molecule has 2 aromatic heterocycles. The Morgan fingerprint density at radius 1 is 1.03 bits per heavy atom. The van der Waals surface area contributed by atoms with Gasteiger partial charge < -0.3 is 9.71 Å². The van der Waals surface area contributed by atoms with Crippen molar-refractivity contribution in [2.24, 2.45) is 0 Å². The summed E-state index contributed by atoms with van der Waals surface area (Å²) in [4.78, 5) is 9.12. The molecule has 0 aliphatic rings. The Bertz CT molecular complexity index is 1280. The number of halogens is 1. The minimum Gasteiger partial charge on any atom is -0.429 e. The first-order chi connectivity index (χ1) is 13.8. The zero-order chi connectivity index (χ0) is 20.6. The van der Waals surface area contributed by atoms with Gasteiger partial charge in [-0.2, -0.15) is 4.57 Å². The monoisotopic (exact) mass is 427 g/mol. The third kappa shape index (κ3) is 3.94. The van der Waals surface area contributed by atoms with Gasteiger partial charge in [0, 0.05) is 10.8 Å². The van der Waals surface area contributed by atoms with Gasteiger partial charge in [-0.15, -0.1) is 0 Å². The first-order valence-corrected chi connectivity index (χ1v) is 10.7. The standard InChI is InChI=1S/C20H18ClN5O2S/c1-14(2)25-11-12-26(13-25)20-19(22-17-5-3-4-6-18(17)23-20)24-29(27,28)16-9-7-15(21)8-10-16/h3-14H,1-2H3. The second-order valence-electron chi connectivity index (χ2n) is 6.74. The molecule has 2 aromatic carbocycles. The summed E-state index contributed by atoms with van der Waals surface area (Å²) in [5.74, 6) is 0.353. The predicted octanol–water partition coefficient (Wildman–Crippen LogP) is 4.34. The fourth-order valence-corrected chi connectivity index (χ4v) is 3.85.